The van der Waals surface area contributed by atoms with Crippen molar-refractivity contribution in [2.24, 2.45) is 28.1 Å². The summed E-state index contributed by atoms with van der Waals surface area (Å²) in [6.07, 6.45) is 6.42. The van der Waals surface area contributed by atoms with Gasteiger partial charge in [0.25, 0.3) is 0 Å². The molecule has 9 atom stereocenters. The number of hydrogen-bond acceptors (Lipinski definition) is 10. The molecule has 0 unspecified atom stereocenters. The van der Waals surface area contributed by atoms with Gasteiger partial charge in [0.05, 0.1) is 25.7 Å². The lowest BCUT2D eigenvalue weighted by atomic mass is 9.51. The van der Waals surface area contributed by atoms with Gasteiger partial charge >= 0.3 is 17.9 Å². The Labute approximate surface area is 243 Å². The highest BCUT2D eigenvalue weighted by Crippen LogP contribution is 2.72. The normalized spacial score (nSPS) is 41.9. The van der Waals surface area contributed by atoms with Gasteiger partial charge in [-0.2, -0.15) is 0 Å². The van der Waals surface area contributed by atoms with Gasteiger partial charge in [0.15, 0.2) is 6.10 Å². The van der Waals surface area contributed by atoms with Crippen LogP contribution in [0.2, 0.25) is 0 Å². The van der Waals surface area contributed by atoms with Crippen molar-refractivity contribution in [1.29, 1.82) is 0 Å². The first kappa shape index (κ1) is 28.6. The number of allylic oxidation sites excluding steroid dienone is 2. The minimum atomic E-state index is -2.15. The summed E-state index contributed by atoms with van der Waals surface area (Å²) < 4.78 is 28.5. The Bertz CT molecular complexity index is 1470. The maximum absolute atomic E-state index is 14.0. The Morgan fingerprint density at radius 1 is 1.17 bits per heavy atom. The van der Waals surface area contributed by atoms with Crippen molar-refractivity contribution >= 4 is 23.7 Å². The smallest absolute Gasteiger partial charge is 0.374 e. The molecule has 1 aromatic heterocycles. The number of carbonyl (C=O) groups is 4. The van der Waals surface area contributed by atoms with E-state index in [0.29, 0.717) is 35.1 Å². The van der Waals surface area contributed by atoms with E-state index in [4.69, 9.17) is 23.4 Å². The van der Waals surface area contributed by atoms with E-state index in [9.17, 15) is 24.3 Å². The average molecular weight is 581 g/mol. The summed E-state index contributed by atoms with van der Waals surface area (Å²) in [6, 6.07) is 1.76. The molecule has 5 aliphatic rings. The maximum Gasteiger partial charge on any atom is 0.374 e. The first-order chi connectivity index (χ1) is 19.7. The summed E-state index contributed by atoms with van der Waals surface area (Å²) in [4.78, 5) is 53.0. The molecule has 0 amide bonds. The number of hydrogen-bond donors (Lipinski definition) is 1. The largest absolute Gasteiger partial charge is 0.472 e. The van der Waals surface area contributed by atoms with Crippen LogP contribution in [-0.2, 0) is 38.1 Å². The Balaban J connectivity index is 1.58. The fraction of sp³-hybridized carbons (Fsp3) is 0.562. The molecule has 2 aliphatic carbocycles. The fourth-order valence-corrected chi connectivity index (χ4v) is 8.77. The fourth-order valence-electron chi connectivity index (χ4n) is 8.77. The minimum Gasteiger partial charge on any atom is -0.472 e. The van der Waals surface area contributed by atoms with Crippen molar-refractivity contribution in [3.63, 3.8) is 0 Å². The second-order valence-electron chi connectivity index (χ2n) is 13.0. The van der Waals surface area contributed by atoms with E-state index in [0.717, 1.165) is 7.11 Å². The SMILES string of the molecule is C/C=C(\C)C(=O)O[C@H]1[C@]2(C)C[C@@H]3O[C@@]1(O)C=C1C4=CC(=O)O[C@@H](c5ccoc5)[C@]4(C)CC[C@@H]1[C@]3(C)[C@@H]2C(=O)C(=O)OC. The molecule has 1 saturated heterocycles. The van der Waals surface area contributed by atoms with Crippen LogP contribution in [0.1, 0.15) is 65.5 Å². The second-order valence-corrected chi connectivity index (χ2v) is 13.0. The van der Waals surface area contributed by atoms with Crippen molar-refractivity contribution in [3.8, 4) is 0 Å². The quantitative estimate of drug-likeness (QED) is 0.236. The number of aliphatic hydroxyl groups is 1. The van der Waals surface area contributed by atoms with Crippen LogP contribution < -0.4 is 0 Å². The Morgan fingerprint density at radius 2 is 1.90 bits per heavy atom. The van der Waals surface area contributed by atoms with Gasteiger partial charge in [-0.15, -0.1) is 0 Å². The molecule has 224 valence electrons. The number of ketones is 1. The van der Waals surface area contributed by atoms with E-state index >= 15 is 0 Å². The van der Waals surface area contributed by atoms with Gasteiger partial charge < -0.3 is 28.5 Å². The summed E-state index contributed by atoms with van der Waals surface area (Å²) in [5.74, 6) is -6.53. The number of Topliss-reactive ketones (excluding diaryl/α,β-unsaturated/α-hetero) is 1. The van der Waals surface area contributed by atoms with Crippen molar-refractivity contribution in [1.82, 2.24) is 0 Å². The number of furan rings is 1. The lowest BCUT2D eigenvalue weighted by Gasteiger charge is -2.53. The number of cyclic esters (lactones) is 1. The van der Waals surface area contributed by atoms with Crippen molar-refractivity contribution in [2.45, 2.75) is 78.0 Å². The summed E-state index contributed by atoms with van der Waals surface area (Å²) in [6.45, 7) is 8.95. The zero-order valence-electron chi connectivity index (χ0n) is 24.6. The third kappa shape index (κ3) is 3.63. The Morgan fingerprint density at radius 3 is 2.55 bits per heavy atom. The summed E-state index contributed by atoms with van der Waals surface area (Å²) in [5, 5.41) is 12.4. The third-order valence-corrected chi connectivity index (χ3v) is 10.8. The molecule has 1 aromatic rings. The molecule has 4 heterocycles. The zero-order valence-corrected chi connectivity index (χ0v) is 24.6. The predicted octanol–water partition coefficient (Wildman–Crippen LogP) is 3.90. The van der Waals surface area contributed by atoms with E-state index in [1.807, 2.05) is 13.8 Å². The topological polar surface area (TPSA) is 139 Å². The van der Waals surface area contributed by atoms with Crippen LogP contribution in [0, 0.1) is 28.1 Å². The number of fused-ring (bicyclic) bond motifs is 6. The third-order valence-electron chi connectivity index (χ3n) is 10.8. The molecule has 0 spiro atoms. The average Bonchev–Trinajstić information content (AvgIpc) is 3.52. The standard InChI is InChI=1S/C32H36O10/c1-7-16(2)26(35)41-28-30(4)14-21-31(5,24(30)23(34)27(36)38-6)19-8-10-29(3)20(18(19)13-32(28,37)42-21)12-22(33)40-25(29)17-9-11-39-15-17/h7,9,11-13,15,19,21,24-25,28,37H,8,10,14H2,1-6H3/b16-7+/t19-,21-,24+,25-,28-,29+,30+,31-,32-/m0/s1. The lowest BCUT2D eigenvalue weighted by Crippen LogP contribution is -2.60. The Hall–Kier alpha value is -3.50. The molecule has 3 bridgehead atoms. The van der Waals surface area contributed by atoms with Gasteiger partial charge in [0.2, 0.25) is 11.6 Å². The van der Waals surface area contributed by atoms with Gasteiger partial charge in [-0.3, -0.25) is 4.79 Å². The predicted molar refractivity (Wildman–Crippen MR) is 145 cm³/mol. The van der Waals surface area contributed by atoms with Crippen molar-refractivity contribution in [2.75, 3.05) is 7.11 Å². The minimum absolute atomic E-state index is 0.264. The Kier molecular flexibility index (Phi) is 6.30. The molecule has 0 aromatic carbocycles. The monoisotopic (exact) mass is 580 g/mol. The van der Waals surface area contributed by atoms with E-state index in [1.54, 1.807) is 45.3 Å². The second kappa shape index (κ2) is 9.25. The van der Waals surface area contributed by atoms with E-state index in [2.05, 4.69) is 0 Å². The van der Waals surface area contributed by atoms with Crippen LogP contribution in [0.4, 0.5) is 0 Å². The molecule has 10 heteroatoms. The van der Waals surface area contributed by atoms with Crippen LogP contribution in [-0.4, -0.2) is 53.9 Å². The van der Waals surface area contributed by atoms with Crippen LogP contribution >= 0.6 is 0 Å². The van der Waals surface area contributed by atoms with Crippen molar-refractivity contribution in [3.05, 3.63) is 59.1 Å². The number of esters is 3. The van der Waals surface area contributed by atoms with Gasteiger partial charge in [-0.25, -0.2) is 14.4 Å². The molecule has 1 N–H and O–H groups in total. The highest BCUT2D eigenvalue weighted by Gasteiger charge is 2.77. The van der Waals surface area contributed by atoms with E-state index in [1.165, 1.54) is 12.3 Å². The number of methoxy groups -OCH3 is 1. The van der Waals surface area contributed by atoms with Crippen molar-refractivity contribution < 1.29 is 47.6 Å². The molecule has 10 nitrogen and oxygen atoms in total. The van der Waals surface area contributed by atoms with Gasteiger partial charge in [0, 0.05) is 39.4 Å². The molecular weight excluding hydrogens is 544 g/mol. The first-order valence-corrected chi connectivity index (χ1v) is 14.3. The molecule has 2 saturated carbocycles. The van der Waals surface area contributed by atoms with Crippen LogP contribution in [0.5, 0.6) is 0 Å². The van der Waals surface area contributed by atoms with E-state index < -0.39 is 70.0 Å². The van der Waals surface area contributed by atoms with E-state index in [-0.39, 0.29) is 12.3 Å². The highest BCUT2D eigenvalue weighted by atomic mass is 16.7. The highest BCUT2D eigenvalue weighted by molar-refractivity contribution is 6.35. The molecule has 0 radical (unpaired) electrons. The molecule has 42 heavy (non-hydrogen) atoms. The molecule has 6 rings (SSSR count). The summed E-state index contributed by atoms with van der Waals surface area (Å²) in [5.41, 5.74) is -0.587. The van der Waals surface area contributed by atoms with Gasteiger partial charge in [0.1, 0.15) is 6.10 Å². The lowest BCUT2D eigenvalue weighted by molar-refractivity contribution is -0.297. The zero-order chi connectivity index (χ0) is 30.4. The summed E-state index contributed by atoms with van der Waals surface area (Å²) in [7, 11) is 1.15. The molecule has 3 aliphatic heterocycles. The van der Waals surface area contributed by atoms with Crippen LogP contribution in [0.25, 0.3) is 0 Å². The van der Waals surface area contributed by atoms with Crippen LogP contribution in [0.3, 0.4) is 0 Å². The molecule has 3 fully saturated rings. The maximum atomic E-state index is 14.0. The van der Waals surface area contributed by atoms with Gasteiger partial charge in [-0.05, 0) is 62.3 Å². The van der Waals surface area contributed by atoms with Crippen LogP contribution in [0.15, 0.2) is 58.0 Å². The summed E-state index contributed by atoms with van der Waals surface area (Å²) >= 11 is 0. The molecular formula is C32H36O10. The number of ether oxygens (including phenoxy) is 4. The number of carbonyl (C=O) groups excluding carboxylic acids is 4. The van der Waals surface area contributed by atoms with Gasteiger partial charge in [-0.1, -0.05) is 26.8 Å². The number of rotatable bonds is 5. The first-order valence-electron chi connectivity index (χ1n) is 14.3.